The fourth-order valence-electron chi connectivity index (χ4n) is 3.81. The number of pyridine rings is 1. The monoisotopic (exact) mass is 479 g/mol. The van der Waals surface area contributed by atoms with Crippen LogP contribution in [0.25, 0.3) is 0 Å². The zero-order valence-electron chi connectivity index (χ0n) is 18.7. The Morgan fingerprint density at radius 3 is 2.80 bits per heavy atom. The zero-order valence-corrected chi connectivity index (χ0v) is 18.7. The number of hydrogen-bond donors (Lipinski definition) is 3. The lowest BCUT2D eigenvalue weighted by Crippen LogP contribution is -2.44. The number of nitrogen functional groups attached to an aromatic ring is 1. The molecule has 1 aromatic carbocycles. The molecule has 1 aliphatic rings. The first-order valence-electron chi connectivity index (χ1n) is 10.8. The van der Waals surface area contributed by atoms with E-state index >= 15 is 0 Å². The number of nitrogens with one attached hydrogen (secondary N) is 2. The summed E-state index contributed by atoms with van der Waals surface area (Å²) >= 11 is 0. The Bertz CT molecular complexity index is 1280. The van der Waals surface area contributed by atoms with Gasteiger partial charge in [-0.2, -0.15) is 9.37 Å². The van der Waals surface area contributed by atoms with Crippen molar-refractivity contribution < 1.29 is 18.3 Å². The molecule has 0 aliphatic carbocycles. The molecule has 0 bridgehead atoms. The minimum atomic E-state index is -1.00. The van der Waals surface area contributed by atoms with Gasteiger partial charge in [-0.1, -0.05) is 18.7 Å². The number of nitrogens with two attached hydrogens (primary N) is 1. The number of carbonyl (C=O) groups is 1. The maximum Gasteiger partial charge on any atom is 0.246 e. The summed E-state index contributed by atoms with van der Waals surface area (Å²) in [5, 5.41) is 11.8. The molecule has 1 aliphatic heterocycles. The molecule has 9 nitrogen and oxygen atoms in total. The van der Waals surface area contributed by atoms with E-state index in [0.717, 1.165) is 12.8 Å². The Kier molecular flexibility index (Phi) is 6.95. The number of benzene rings is 1. The molecular formula is C24H23F2N7O2. The molecule has 180 valence electrons. The molecule has 0 saturated carbocycles. The van der Waals surface area contributed by atoms with Crippen LogP contribution < -0.4 is 15.8 Å². The third-order valence-electron chi connectivity index (χ3n) is 5.52. The molecule has 4 N–H and O–H groups in total. The van der Waals surface area contributed by atoms with Crippen molar-refractivity contribution in [3.05, 3.63) is 78.3 Å². The first-order valence-corrected chi connectivity index (χ1v) is 10.8. The third kappa shape index (κ3) is 5.24. The lowest BCUT2D eigenvalue weighted by molar-refractivity contribution is -0.127. The summed E-state index contributed by atoms with van der Waals surface area (Å²) in [6.45, 7) is 4.56. The number of amides is 1. The Morgan fingerprint density at radius 1 is 1.26 bits per heavy atom. The van der Waals surface area contributed by atoms with Crippen molar-refractivity contribution in [2.45, 2.75) is 18.9 Å². The second-order valence-electron chi connectivity index (χ2n) is 7.85. The van der Waals surface area contributed by atoms with Gasteiger partial charge in [-0.05, 0) is 37.1 Å². The van der Waals surface area contributed by atoms with E-state index in [1.165, 1.54) is 42.7 Å². The average Bonchev–Trinajstić information content (AvgIpc) is 2.85. The van der Waals surface area contributed by atoms with Crippen LogP contribution in [-0.2, 0) is 4.79 Å². The number of aromatic nitrogens is 3. The lowest BCUT2D eigenvalue weighted by Gasteiger charge is -2.33. The number of carbonyl (C=O) groups excluding carboxylic acids is 1. The third-order valence-corrected chi connectivity index (χ3v) is 5.52. The van der Waals surface area contributed by atoms with E-state index in [9.17, 15) is 13.6 Å². The maximum atomic E-state index is 14.9. The quantitative estimate of drug-likeness (QED) is 0.268. The molecule has 0 unspecified atom stereocenters. The minimum Gasteiger partial charge on any atom is -0.436 e. The van der Waals surface area contributed by atoms with E-state index in [4.69, 9.17) is 15.9 Å². The van der Waals surface area contributed by atoms with Crippen LogP contribution in [0.4, 0.5) is 20.4 Å². The Hall–Kier alpha value is -4.41. The van der Waals surface area contributed by atoms with E-state index < -0.39 is 11.8 Å². The first kappa shape index (κ1) is 23.7. The van der Waals surface area contributed by atoms with Gasteiger partial charge in [-0.15, -0.1) is 0 Å². The molecule has 1 amide bonds. The van der Waals surface area contributed by atoms with Crippen LogP contribution in [0.2, 0.25) is 0 Å². The molecule has 1 atom stereocenters. The number of hydrogen-bond acceptors (Lipinski definition) is 8. The van der Waals surface area contributed by atoms with Gasteiger partial charge in [-0.3, -0.25) is 10.2 Å². The highest BCUT2D eigenvalue weighted by Gasteiger charge is 2.26. The van der Waals surface area contributed by atoms with E-state index in [1.54, 1.807) is 11.0 Å². The van der Waals surface area contributed by atoms with E-state index in [2.05, 4.69) is 26.8 Å². The predicted octanol–water partition coefficient (Wildman–Crippen LogP) is 3.53. The number of nitrogens with zero attached hydrogens (tertiary/aromatic N) is 4. The summed E-state index contributed by atoms with van der Waals surface area (Å²) in [6, 6.07) is 8.13. The van der Waals surface area contributed by atoms with Crippen molar-refractivity contribution >= 4 is 23.3 Å². The van der Waals surface area contributed by atoms with Gasteiger partial charge in [0, 0.05) is 25.2 Å². The minimum absolute atomic E-state index is 0.0200. The molecule has 11 heteroatoms. The van der Waals surface area contributed by atoms with Crippen molar-refractivity contribution in [3.63, 3.8) is 0 Å². The summed E-state index contributed by atoms with van der Waals surface area (Å²) in [5.74, 6) is -1.84. The van der Waals surface area contributed by atoms with Gasteiger partial charge >= 0.3 is 0 Å². The van der Waals surface area contributed by atoms with E-state index in [-0.39, 0.29) is 52.1 Å². The van der Waals surface area contributed by atoms with Gasteiger partial charge in [0.15, 0.2) is 11.6 Å². The highest BCUT2D eigenvalue weighted by Crippen LogP contribution is 2.27. The van der Waals surface area contributed by atoms with Crippen LogP contribution in [0.1, 0.15) is 24.0 Å². The number of likely N-dealkylation sites (tertiary alicyclic amines) is 1. The molecule has 3 aromatic rings. The Labute approximate surface area is 200 Å². The van der Waals surface area contributed by atoms with E-state index in [1.807, 2.05) is 0 Å². The van der Waals surface area contributed by atoms with Gasteiger partial charge in [0.25, 0.3) is 0 Å². The number of anilines is 2. The topological polar surface area (TPSA) is 130 Å². The SMILES string of the molecule is C=CC(=O)N1CCC[C@@H](Nc2ncnc(N)c2C(=N)c2ccc(Oc3ccccc3F)nc2F)C1. The van der Waals surface area contributed by atoms with Gasteiger partial charge in [-0.25, -0.2) is 14.4 Å². The highest BCUT2D eigenvalue weighted by atomic mass is 19.1. The molecule has 3 heterocycles. The number of para-hydroxylation sites is 1. The van der Waals surface area contributed by atoms with Gasteiger partial charge in [0.2, 0.25) is 17.7 Å². The number of halogens is 2. The fraction of sp³-hybridized carbons (Fsp3) is 0.208. The summed E-state index contributed by atoms with van der Waals surface area (Å²) in [7, 11) is 0. The predicted molar refractivity (Wildman–Crippen MR) is 126 cm³/mol. The molecule has 1 fully saturated rings. The highest BCUT2D eigenvalue weighted by molar-refractivity contribution is 6.16. The van der Waals surface area contributed by atoms with Gasteiger partial charge < -0.3 is 20.7 Å². The number of ether oxygens (including phenoxy) is 1. The lowest BCUT2D eigenvalue weighted by atomic mass is 10.0. The summed E-state index contributed by atoms with van der Waals surface area (Å²) < 4.78 is 34.1. The summed E-state index contributed by atoms with van der Waals surface area (Å²) in [6.07, 6.45) is 4.04. The normalized spacial score (nSPS) is 15.4. The van der Waals surface area contributed by atoms with Crippen molar-refractivity contribution in [1.29, 1.82) is 5.41 Å². The van der Waals surface area contributed by atoms with Crippen LogP contribution in [0.3, 0.4) is 0 Å². The van der Waals surface area contributed by atoms with Crippen LogP contribution in [0.15, 0.2) is 55.4 Å². The van der Waals surface area contributed by atoms with Crippen LogP contribution in [0, 0.1) is 17.2 Å². The summed E-state index contributed by atoms with van der Waals surface area (Å²) in [4.78, 5) is 25.5. The molecule has 2 aromatic heterocycles. The Morgan fingerprint density at radius 2 is 2.06 bits per heavy atom. The van der Waals surface area contributed by atoms with Crippen molar-refractivity contribution in [1.82, 2.24) is 19.9 Å². The molecular weight excluding hydrogens is 456 g/mol. The zero-order chi connectivity index (χ0) is 24.9. The van der Waals surface area contributed by atoms with Crippen molar-refractivity contribution in [3.8, 4) is 11.6 Å². The second-order valence-corrected chi connectivity index (χ2v) is 7.85. The molecule has 35 heavy (non-hydrogen) atoms. The van der Waals surface area contributed by atoms with Crippen LogP contribution >= 0.6 is 0 Å². The molecule has 0 radical (unpaired) electrons. The molecule has 0 spiro atoms. The fourth-order valence-corrected chi connectivity index (χ4v) is 3.81. The number of piperidine rings is 1. The maximum absolute atomic E-state index is 14.9. The first-order chi connectivity index (χ1) is 16.9. The van der Waals surface area contributed by atoms with Gasteiger partial charge in [0.05, 0.1) is 16.8 Å². The summed E-state index contributed by atoms with van der Waals surface area (Å²) in [5.41, 5.74) is 5.69. The largest absolute Gasteiger partial charge is 0.436 e. The number of rotatable bonds is 7. The Balaban J connectivity index is 1.57. The van der Waals surface area contributed by atoms with Gasteiger partial charge in [0.1, 0.15) is 18.0 Å². The average molecular weight is 479 g/mol. The van der Waals surface area contributed by atoms with Crippen LogP contribution in [0.5, 0.6) is 11.6 Å². The molecule has 4 rings (SSSR count). The van der Waals surface area contributed by atoms with Crippen molar-refractivity contribution in [2.24, 2.45) is 0 Å². The van der Waals surface area contributed by atoms with Crippen molar-refractivity contribution in [2.75, 3.05) is 24.1 Å². The standard InChI is InChI=1S/C24H23F2N7O2/c1-2-19(34)33-11-5-6-14(12-33)31-24-20(23(28)29-13-30-24)21(27)15-9-10-18(32-22(15)26)35-17-8-4-3-7-16(17)25/h2-4,7-10,13-14,27H,1,5-6,11-12H2,(H3,28,29,30,31)/t14-/m1/s1. The smallest absolute Gasteiger partial charge is 0.246 e. The van der Waals surface area contributed by atoms with Crippen LogP contribution in [-0.4, -0.2) is 50.6 Å². The molecule has 1 saturated heterocycles. The second kappa shape index (κ2) is 10.2. The van der Waals surface area contributed by atoms with E-state index in [0.29, 0.717) is 13.1 Å².